The second-order valence-corrected chi connectivity index (χ2v) is 4.82. The van der Waals surface area contributed by atoms with Crippen molar-refractivity contribution in [3.8, 4) is 0 Å². The molecule has 1 aromatic rings. The molecule has 1 saturated heterocycles. The summed E-state index contributed by atoms with van der Waals surface area (Å²) in [4.78, 5) is 13.5. The number of aliphatic hydroxyl groups is 2. The standard InChI is InChI=1S/C14H19NO3/c16-9-12-7-14(18)15(8-12)13(10-17)6-11-4-2-1-3-5-11/h1-5,12-13,16-17H,6-10H2/t12?,13-/m0/s1. The van der Waals surface area contributed by atoms with Gasteiger partial charge in [-0.3, -0.25) is 4.79 Å². The Balaban J connectivity index is 2.03. The third-order valence-electron chi connectivity index (χ3n) is 3.46. The van der Waals surface area contributed by atoms with Gasteiger partial charge in [0.15, 0.2) is 0 Å². The topological polar surface area (TPSA) is 60.8 Å². The predicted molar refractivity (Wildman–Crippen MR) is 67.9 cm³/mol. The molecule has 0 saturated carbocycles. The molecule has 0 aromatic heterocycles. The number of likely N-dealkylation sites (tertiary alicyclic amines) is 1. The number of nitrogens with zero attached hydrogens (tertiary/aromatic N) is 1. The van der Waals surface area contributed by atoms with Gasteiger partial charge < -0.3 is 15.1 Å². The van der Waals surface area contributed by atoms with E-state index >= 15 is 0 Å². The molecule has 4 heteroatoms. The van der Waals surface area contributed by atoms with E-state index in [4.69, 9.17) is 5.11 Å². The lowest BCUT2D eigenvalue weighted by Crippen LogP contribution is -2.40. The first kappa shape index (κ1) is 13.1. The first-order chi connectivity index (χ1) is 8.74. The van der Waals surface area contributed by atoms with Crippen molar-refractivity contribution >= 4 is 5.91 Å². The van der Waals surface area contributed by atoms with Crippen molar-refractivity contribution in [2.75, 3.05) is 19.8 Å². The number of rotatable bonds is 5. The summed E-state index contributed by atoms with van der Waals surface area (Å²) in [5.41, 5.74) is 1.11. The second-order valence-electron chi connectivity index (χ2n) is 4.82. The van der Waals surface area contributed by atoms with Gasteiger partial charge in [-0.25, -0.2) is 0 Å². The molecule has 2 N–H and O–H groups in total. The van der Waals surface area contributed by atoms with Crippen molar-refractivity contribution in [2.45, 2.75) is 18.9 Å². The third-order valence-corrected chi connectivity index (χ3v) is 3.46. The van der Waals surface area contributed by atoms with E-state index in [0.29, 0.717) is 19.4 Å². The normalized spacial score (nSPS) is 21.3. The molecular formula is C14H19NO3. The average Bonchev–Trinajstić information content (AvgIpc) is 2.78. The lowest BCUT2D eigenvalue weighted by molar-refractivity contribution is -0.130. The second kappa shape index (κ2) is 5.98. The van der Waals surface area contributed by atoms with Crippen LogP contribution in [-0.2, 0) is 11.2 Å². The summed E-state index contributed by atoms with van der Waals surface area (Å²) in [5, 5.41) is 18.6. The molecule has 0 bridgehead atoms. The molecule has 1 aromatic carbocycles. The maximum absolute atomic E-state index is 11.8. The van der Waals surface area contributed by atoms with Crippen molar-refractivity contribution in [3.63, 3.8) is 0 Å². The summed E-state index contributed by atoms with van der Waals surface area (Å²) >= 11 is 0. The van der Waals surface area contributed by atoms with E-state index in [1.54, 1.807) is 4.90 Å². The number of amides is 1. The van der Waals surface area contributed by atoms with Crippen LogP contribution in [0, 0.1) is 5.92 Å². The summed E-state index contributed by atoms with van der Waals surface area (Å²) in [6.07, 6.45) is 1.04. The molecule has 0 radical (unpaired) electrons. The van der Waals surface area contributed by atoms with E-state index in [0.717, 1.165) is 5.56 Å². The largest absolute Gasteiger partial charge is 0.396 e. The Kier molecular flexibility index (Phi) is 4.33. The molecule has 18 heavy (non-hydrogen) atoms. The van der Waals surface area contributed by atoms with Crippen LogP contribution in [0.5, 0.6) is 0 Å². The maximum Gasteiger partial charge on any atom is 0.223 e. The monoisotopic (exact) mass is 249 g/mol. The van der Waals surface area contributed by atoms with E-state index in [9.17, 15) is 9.90 Å². The molecular weight excluding hydrogens is 230 g/mol. The number of aliphatic hydroxyl groups excluding tert-OH is 2. The maximum atomic E-state index is 11.8. The van der Waals surface area contributed by atoms with Crippen molar-refractivity contribution in [2.24, 2.45) is 5.92 Å². The highest BCUT2D eigenvalue weighted by Gasteiger charge is 2.33. The zero-order valence-corrected chi connectivity index (χ0v) is 10.3. The number of hydrogen-bond donors (Lipinski definition) is 2. The van der Waals surface area contributed by atoms with Gasteiger partial charge in [0.1, 0.15) is 0 Å². The highest BCUT2D eigenvalue weighted by Crippen LogP contribution is 2.21. The fourth-order valence-corrected chi connectivity index (χ4v) is 2.44. The van der Waals surface area contributed by atoms with Gasteiger partial charge in [0.25, 0.3) is 0 Å². The fourth-order valence-electron chi connectivity index (χ4n) is 2.44. The quantitative estimate of drug-likeness (QED) is 0.795. The highest BCUT2D eigenvalue weighted by atomic mass is 16.3. The van der Waals surface area contributed by atoms with Gasteiger partial charge in [0, 0.05) is 25.5 Å². The number of benzene rings is 1. The molecule has 1 unspecified atom stereocenters. The van der Waals surface area contributed by atoms with Crippen molar-refractivity contribution < 1.29 is 15.0 Å². The third kappa shape index (κ3) is 2.89. The predicted octanol–water partition coefficient (Wildman–Crippen LogP) is 0.431. The van der Waals surface area contributed by atoms with Crippen molar-refractivity contribution in [1.82, 2.24) is 4.90 Å². The molecule has 2 rings (SSSR count). The van der Waals surface area contributed by atoms with Crippen LogP contribution in [0.4, 0.5) is 0 Å². The number of hydrogen-bond acceptors (Lipinski definition) is 3. The molecule has 0 aliphatic carbocycles. The van der Waals surface area contributed by atoms with Crippen LogP contribution < -0.4 is 0 Å². The van der Waals surface area contributed by atoms with Crippen LogP contribution in [-0.4, -0.2) is 46.8 Å². The van der Waals surface area contributed by atoms with Crippen LogP contribution >= 0.6 is 0 Å². The van der Waals surface area contributed by atoms with E-state index in [1.807, 2.05) is 30.3 Å². The Morgan fingerprint density at radius 1 is 1.28 bits per heavy atom. The highest BCUT2D eigenvalue weighted by molar-refractivity contribution is 5.79. The molecule has 98 valence electrons. The van der Waals surface area contributed by atoms with Crippen LogP contribution in [0.15, 0.2) is 30.3 Å². The molecule has 1 amide bonds. The van der Waals surface area contributed by atoms with Crippen LogP contribution in [0.1, 0.15) is 12.0 Å². The summed E-state index contributed by atoms with van der Waals surface area (Å²) in [6.45, 7) is 0.540. The molecule has 4 nitrogen and oxygen atoms in total. The lowest BCUT2D eigenvalue weighted by Gasteiger charge is -2.26. The average molecular weight is 249 g/mol. The smallest absolute Gasteiger partial charge is 0.223 e. The van der Waals surface area contributed by atoms with Gasteiger partial charge >= 0.3 is 0 Å². The van der Waals surface area contributed by atoms with Crippen molar-refractivity contribution in [3.05, 3.63) is 35.9 Å². The van der Waals surface area contributed by atoms with E-state index < -0.39 is 0 Å². The molecule has 1 aliphatic rings. The van der Waals surface area contributed by atoms with Crippen LogP contribution in [0.25, 0.3) is 0 Å². The molecule has 0 spiro atoms. The Hall–Kier alpha value is -1.39. The van der Waals surface area contributed by atoms with Gasteiger partial charge in [-0.2, -0.15) is 0 Å². The van der Waals surface area contributed by atoms with Crippen LogP contribution in [0.3, 0.4) is 0 Å². The molecule has 1 aliphatic heterocycles. The zero-order chi connectivity index (χ0) is 13.0. The Bertz CT molecular complexity index is 393. The summed E-state index contributed by atoms with van der Waals surface area (Å²) in [7, 11) is 0. The fraction of sp³-hybridized carbons (Fsp3) is 0.500. The van der Waals surface area contributed by atoms with Crippen LogP contribution in [0.2, 0.25) is 0 Å². The van der Waals surface area contributed by atoms with Gasteiger partial charge in [0.05, 0.1) is 12.6 Å². The first-order valence-electron chi connectivity index (χ1n) is 6.29. The molecule has 2 atom stereocenters. The van der Waals surface area contributed by atoms with Gasteiger partial charge in [-0.05, 0) is 12.0 Å². The SMILES string of the molecule is O=C1CC(CO)CN1[C@H](CO)Cc1ccccc1. The van der Waals surface area contributed by atoms with Gasteiger partial charge in [0.2, 0.25) is 5.91 Å². The van der Waals surface area contributed by atoms with E-state index in [2.05, 4.69) is 0 Å². The van der Waals surface area contributed by atoms with E-state index in [-0.39, 0.29) is 31.1 Å². The van der Waals surface area contributed by atoms with E-state index in [1.165, 1.54) is 0 Å². The summed E-state index contributed by atoms with van der Waals surface area (Å²) in [5.74, 6) is 0.0476. The Morgan fingerprint density at radius 3 is 2.56 bits per heavy atom. The molecule has 1 heterocycles. The Labute approximate surface area is 107 Å². The number of carbonyl (C=O) groups is 1. The lowest BCUT2D eigenvalue weighted by atomic mass is 10.1. The summed E-state index contributed by atoms with van der Waals surface area (Å²) in [6, 6.07) is 9.65. The summed E-state index contributed by atoms with van der Waals surface area (Å²) < 4.78 is 0. The number of carbonyl (C=O) groups excluding carboxylic acids is 1. The molecule has 1 fully saturated rings. The minimum Gasteiger partial charge on any atom is -0.396 e. The van der Waals surface area contributed by atoms with Gasteiger partial charge in [-0.1, -0.05) is 30.3 Å². The van der Waals surface area contributed by atoms with Crippen molar-refractivity contribution in [1.29, 1.82) is 0 Å². The zero-order valence-electron chi connectivity index (χ0n) is 10.3. The minimum absolute atomic E-state index is 0.0160. The van der Waals surface area contributed by atoms with Gasteiger partial charge in [-0.15, -0.1) is 0 Å². The minimum atomic E-state index is -0.184. The Morgan fingerprint density at radius 2 is 2.00 bits per heavy atom. The first-order valence-corrected chi connectivity index (χ1v) is 6.29.